The van der Waals surface area contributed by atoms with E-state index in [0.29, 0.717) is 12.2 Å². The number of benzene rings is 1. The van der Waals surface area contributed by atoms with Crippen molar-refractivity contribution in [3.8, 4) is 0 Å². The molecule has 4 heteroatoms. The average Bonchev–Trinajstić information content (AvgIpc) is 2.47. The number of piperidine rings is 1. The van der Waals surface area contributed by atoms with E-state index >= 15 is 0 Å². The van der Waals surface area contributed by atoms with Gasteiger partial charge in [-0.25, -0.2) is 4.79 Å². The number of esters is 1. The highest BCUT2D eigenvalue weighted by molar-refractivity contribution is 5.89. The summed E-state index contributed by atoms with van der Waals surface area (Å²) in [6.07, 6.45) is 5.04. The molecule has 0 radical (unpaired) electrons. The molecule has 2 rings (SSSR count). The molecular formula is C16H26ClNO2. The van der Waals surface area contributed by atoms with Gasteiger partial charge >= 0.3 is 5.97 Å². The normalized spacial score (nSPS) is 17.2. The van der Waals surface area contributed by atoms with Gasteiger partial charge in [-0.05, 0) is 44.9 Å². The zero-order valence-corrected chi connectivity index (χ0v) is 13.2. The topological polar surface area (TPSA) is 38.3 Å². The number of ether oxygens (including phenoxy) is 1. The summed E-state index contributed by atoms with van der Waals surface area (Å²) in [5.41, 5.74) is 0.617. The van der Waals surface area contributed by atoms with Crippen LogP contribution < -0.4 is 5.32 Å². The molecule has 1 N–H and O–H groups in total. The van der Waals surface area contributed by atoms with E-state index in [1.54, 1.807) is 12.1 Å². The Morgan fingerprint density at radius 2 is 2.00 bits per heavy atom. The second kappa shape index (κ2) is 11.7. The fourth-order valence-corrected chi connectivity index (χ4v) is 1.88. The van der Waals surface area contributed by atoms with Crippen molar-refractivity contribution in [2.24, 2.45) is 0 Å². The second-order valence-corrected chi connectivity index (χ2v) is 4.85. The number of halogens is 1. The minimum absolute atomic E-state index is 0. The van der Waals surface area contributed by atoms with E-state index in [0.717, 1.165) is 12.5 Å². The van der Waals surface area contributed by atoms with Gasteiger partial charge in [0.15, 0.2) is 0 Å². The zero-order chi connectivity index (χ0) is 13.9. The molecule has 0 saturated carbocycles. The standard InChI is InChI=1S/C10H12O2.C6H13N.ClH/c1-2-8-12-10(11)9-6-4-3-5-7-9;1-6-4-2-3-5-7-6;/h3-7H,2,8H2,1H3;6-7H,2-5H2,1H3;1H. The summed E-state index contributed by atoms with van der Waals surface area (Å²) in [5, 5.41) is 3.38. The predicted octanol–water partition coefficient (Wildman–Crippen LogP) is 3.82. The maximum atomic E-state index is 11.2. The lowest BCUT2D eigenvalue weighted by Crippen LogP contribution is -2.30. The number of hydrogen-bond acceptors (Lipinski definition) is 3. The summed E-state index contributed by atoms with van der Waals surface area (Å²) >= 11 is 0. The first-order valence-corrected chi connectivity index (χ1v) is 7.19. The Hall–Kier alpha value is -1.06. The van der Waals surface area contributed by atoms with E-state index in [1.165, 1.54) is 25.8 Å². The van der Waals surface area contributed by atoms with Crippen molar-refractivity contribution in [1.82, 2.24) is 5.32 Å². The van der Waals surface area contributed by atoms with Crippen LogP contribution in [0.15, 0.2) is 30.3 Å². The van der Waals surface area contributed by atoms with Crippen LogP contribution in [0, 0.1) is 0 Å². The lowest BCUT2D eigenvalue weighted by Gasteiger charge is -2.18. The van der Waals surface area contributed by atoms with Crippen molar-refractivity contribution in [1.29, 1.82) is 0 Å². The third-order valence-corrected chi connectivity index (χ3v) is 3.00. The number of nitrogens with one attached hydrogen (secondary N) is 1. The molecule has 0 aliphatic carbocycles. The third-order valence-electron chi connectivity index (χ3n) is 3.00. The number of carbonyl (C=O) groups is 1. The van der Waals surface area contributed by atoms with Gasteiger partial charge in [-0.15, -0.1) is 12.4 Å². The number of hydrogen-bond donors (Lipinski definition) is 1. The van der Waals surface area contributed by atoms with E-state index in [2.05, 4.69) is 12.2 Å². The summed E-state index contributed by atoms with van der Waals surface area (Å²) < 4.78 is 4.94. The van der Waals surface area contributed by atoms with Crippen LogP contribution in [0.5, 0.6) is 0 Å². The summed E-state index contributed by atoms with van der Waals surface area (Å²) in [4.78, 5) is 11.2. The van der Waals surface area contributed by atoms with Crippen LogP contribution in [0.4, 0.5) is 0 Å². The highest BCUT2D eigenvalue weighted by Gasteiger charge is 2.04. The van der Waals surface area contributed by atoms with Crippen LogP contribution in [0.25, 0.3) is 0 Å². The zero-order valence-electron chi connectivity index (χ0n) is 12.4. The molecule has 1 saturated heterocycles. The summed E-state index contributed by atoms with van der Waals surface area (Å²) in [6, 6.07) is 9.80. The maximum absolute atomic E-state index is 11.2. The van der Waals surface area contributed by atoms with Crippen LogP contribution in [0.1, 0.15) is 49.9 Å². The Balaban J connectivity index is 0.000000387. The van der Waals surface area contributed by atoms with Gasteiger partial charge in [-0.3, -0.25) is 0 Å². The van der Waals surface area contributed by atoms with Gasteiger partial charge in [0.05, 0.1) is 12.2 Å². The van der Waals surface area contributed by atoms with Crippen molar-refractivity contribution in [2.75, 3.05) is 13.2 Å². The molecule has 1 aliphatic heterocycles. The lowest BCUT2D eigenvalue weighted by atomic mass is 10.1. The molecule has 1 atom stereocenters. The molecule has 0 aromatic heterocycles. The largest absolute Gasteiger partial charge is 0.462 e. The summed E-state index contributed by atoms with van der Waals surface area (Å²) in [7, 11) is 0. The Labute approximate surface area is 128 Å². The van der Waals surface area contributed by atoms with Crippen molar-refractivity contribution in [2.45, 2.75) is 45.6 Å². The number of carbonyl (C=O) groups excluding carboxylic acids is 1. The fourth-order valence-electron chi connectivity index (χ4n) is 1.88. The van der Waals surface area contributed by atoms with Crippen molar-refractivity contribution < 1.29 is 9.53 Å². The van der Waals surface area contributed by atoms with Gasteiger partial charge in [-0.2, -0.15) is 0 Å². The highest BCUT2D eigenvalue weighted by Crippen LogP contribution is 2.04. The molecule has 0 amide bonds. The van der Waals surface area contributed by atoms with Crippen LogP contribution in [0.2, 0.25) is 0 Å². The van der Waals surface area contributed by atoms with E-state index < -0.39 is 0 Å². The minimum atomic E-state index is -0.238. The quantitative estimate of drug-likeness (QED) is 0.862. The van der Waals surface area contributed by atoms with Crippen molar-refractivity contribution >= 4 is 18.4 Å². The van der Waals surface area contributed by atoms with Crippen molar-refractivity contribution in [3.05, 3.63) is 35.9 Å². The van der Waals surface area contributed by atoms with Crippen molar-refractivity contribution in [3.63, 3.8) is 0 Å². The Bertz CT molecular complexity index is 351. The van der Waals surface area contributed by atoms with Crippen LogP contribution >= 0.6 is 12.4 Å². The molecule has 1 aromatic rings. The molecule has 3 nitrogen and oxygen atoms in total. The molecule has 1 aromatic carbocycles. The highest BCUT2D eigenvalue weighted by atomic mass is 35.5. The van der Waals surface area contributed by atoms with Crippen LogP contribution in [-0.4, -0.2) is 25.2 Å². The van der Waals surface area contributed by atoms with Gasteiger partial charge in [0.1, 0.15) is 0 Å². The molecule has 0 spiro atoms. The molecule has 1 aliphatic rings. The second-order valence-electron chi connectivity index (χ2n) is 4.85. The Kier molecular flexibility index (Phi) is 11.1. The van der Waals surface area contributed by atoms with Gasteiger partial charge in [-0.1, -0.05) is 31.5 Å². The average molecular weight is 300 g/mol. The predicted molar refractivity (Wildman–Crippen MR) is 85.6 cm³/mol. The molecular weight excluding hydrogens is 274 g/mol. The van der Waals surface area contributed by atoms with Gasteiger partial charge in [0, 0.05) is 6.04 Å². The van der Waals surface area contributed by atoms with Gasteiger partial charge in [0.25, 0.3) is 0 Å². The molecule has 1 unspecified atom stereocenters. The van der Waals surface area contributed by atoms with E-state index in [1.807, 2.05) is 25.1 Å². The van der Waals surface area contributed by atoms with Gasteiger partial charge in [0.2, 0.25) is 0 Å². The smallest absolute Gasteiger partial charge is 0.338 e. The Morgan fingerprint density at radius 1 is 1.30 bits per heavy atom. The lowest BCUT2D eigenvalue weighted by molar-refractivity contribution is 0.0505. The first kappa shape index (κ1) is 18.9. The monoisotopic (exact) mass is 299 g/mol. The summed E-state index contributed by atoms with van der Waals surface area (Å²) in [5.74, 6) is -0.238. The molecule has 114 valence electrons. The van der Waals surface area contributed by atoms with Gasteiger partial charge < -0.3 is 10.1 Å². The third kappa shape index (κ3) is 8.18. The first-order valence-electron chi connectivity index (χ1n) is 7.19. The molecule has 1 fully saturated rings. The first-order chi connectivity index (χ1) is 9.24. The van der Waals surface area contributed by atoms with Crippen LogP contribution in [-0.2, 0) is 4.74 Å². The minimum Gasteiger partial charge on any atom is -0.462 e. The fraction of sp³-hybridized carbons (Fsp3) is 0.562. The SMILES string of the molecule is CC1CCCCN1.CCCOC(=O)c1ccccc1.Cl. The van der Waals surface area contributed by atoms with Crippen LogP contribution in [0.3, 0.4) is 0 Å². The molecule has 1 heterocycles. The molecule has 0 bridgehead atoms. The number of rotatable bonds is 3. The molecule has 20 heavy (non-hydrogen) atoms. The maximum Gasteiger partial charge on any atom is 0.338 e. The van der Waals surface area contributed by atoms with E-state index in [9.17, 15) is 4.79 Å². The van der Waals surface area contributed by atoms with E-state index in [-0.39, 0.29) is 18.4 Å². The summed E-state index contributed by atoms with van der Waals surface area (Å²) in [6.45, 7) is 5.95. The Morgan fingerprint density at radius 3 is 2.45 bits per heavy atom. The van der Waals surface area contributed by atoms with E-state index in [4.69, 9.17) is 4.74 Å².